The zero-order chi connectivity index (χ0) is 47.4. The number of hydrogen-bond donors (Lipinski definition) is 0. The topological polar surface area (TPSA) is 98.6 Å². The smallest absolute Gasteiger partial charge is 0.166 e. The molecule has 5 heterocycles. The maximum atomic E-state index is 11.6. The van der Waals surface area contributed by atoms with E-state index in [4.69, 9.17) is 23.8 Å². The number of benzene rings is 10. The van der Waals surface area contributed by atoms with Gasteiger partial charge in [0.25, 0.3) is 0 Å². The zero-order valence-electron chi connectivity index (χ0n) is 38.3. The highest BCUT2D eigenvalue weighted by atomic mass is 16.3. The van der Waals surface area contributed by atoms with Crippen molar-refractivity contribution in [3.05, 3.63) is 224 Å². The van der Waals surface area contributed by atoms with E-state index in [0.29, 0.717) is 45.5 Å². The Balaban J connectivity index is 1.12. The van der Waals surface area contributed by atoms with Gasteiger partial charge in [0, 0.05) is 71.0 Å². The van der Waals surface area contributed by atoms with Crippen LogP contribution >= 0.6 is 0 Å². The van der Waals surface area contributed by atoms with Crippen molar-refractivity contribution in [2.75, 3.05) is 0 Å². The Morgan fingerprint density at radius 3 is 1.64 bits per heavy atom. The highest BCUT2D eigenvalue weighted by Gasteiger charge is 2.29. The van der Waals surface area contributed by atoms with Crippen LogP contribution in [-0.2, 0) is 0 Å². The van der Waals surface area contributed by atoms with Crippen LogP contribution < -0.4 is 0 Å². The fraction of sp³-hybridized carbons (Fsp3) is 0. The third kappa shape index (κ3) is 5.82. The van der Waals surface area contributed by atoms with Gasteiger partial charge in [0.05, 0.1) is 39.4 Å². The lowest BCUT2D eigenvalue weighted by Gasteiger charge is -2.16. The van der Waals surface area contributed by atoms with E-state index in [2.05, 4.69) is 137 Å². The number of fused-ring (bicyclic) bond motifs is 13. The molecule has 0 aliphatic heterocycles. The van der Waals surface area contributed by atoms with Gasteiger partial charge in [-0.25, -0.2) is 15.0 Å². The molecule has 0 amide bonds. The van der Waals surface area contributed by atoms with E-state index in [0.717, 1.165) is 104 Å². The van der Waals surface area contributed by atoms with Gasteiger partial charge < -0.3 is 18.0 Å². The normalized spacial score (nSPS) is 11.9. The third-order valence-electron chi connectivity index (χ3n) is 14.2. The van der Waals surface area contributed by atoms with Crippen LogP contribution in [0.1, 0.15) is 5.56 Å². The minimum absolute atomic E-state index is 0.375. The Bertz CT molecular complexity index is 4690. The number of aromatic nitrogens is 5. The monoisotopic (exact) mass is 920 g/mol. The minimum Gasteiger partial charge on any atom is -0.456 e. The second-order valence-corrected chi connectivity index (χ2v) is 18.2. The van der Waals surface area contributed by atoms with E-state index in [9.17, 15) is 5.26 Å². The van der Waals surface area contributed by atoms with Gasteiger partial charge in [-0.05, 0) is 66.2 Å². The first-order chi connectivity index (χ1) is 35.7. The maximum absolute atomic E-state index is 11.6. The molecule has 334 valence electrons. The molecule has 0 aliphatic rings. The average molecular weight is 921 g/mol. The van der Waals surface area contributed by atoms with Crippen molar-refractivity contribution < 1.29 is 8.83 Å². The van der Waals surface area contributed by atoms with Crippen LogP contribution in [0.4, 0.5) is 0 Å². The first-order valence-electron chi connectivity index (χ1n) is 23.9. The van der Waals surface area contributed by atoms with E-state index in [1.807, 2.05) is 97.1 Å². The van der Waals surface area contributed by atoms with E-state index in [-0.39, 0.29) is 0 Å². The zero-order valence-corrected chi connectivity index (χ0v) is 38.3. The Hall–Kier alpha value is -10.1. The molecule has 0 saturated carbocycles. The fourth-order valence-electron chi connectivity index (χ4n) is 11.1. The largest absolute Gasteiger partial charge is 0.456 e. The van der Waals surface area contributed by atoms with Gasteiger partial charge in [0.1, 0.15) is 16.7 Å². The fourth-order valence-corrected chi connectivity index (χ4v) is 11.1. The van der Waals surface area contributed by atoms with Crippen LogP contribution in [0.15, 0.2) is 227 Å². The number of nitriles is 1. The molecule has 0 spiro atoms. The molecule has 0 aliphatic carbocycles. The molecule has 15 rings (SSSR count). The van der Waals surface area contributed by atoms with Crippen molar-refractivity contribution in [2.24, 2.45) is 0 Å². The van der Waals surface area contributed by atoms with Crippen molar-refractivity contribution in [2.45, 2.75) is 0 Å². The van der Waals surface area contributed by atoms with Crippen LogP contribution in [0.5, 0.6) is 0 Å². The molecule has 8 heteroatoms. The number of furan rings is 2. The Morgan fingerprint density at radius 2 is 0.944 bits per heavy atom. The highest BCUT2D eigenvalue weighted by Crippen LogP contribution is 2.49. The second kappa shape index (κ2) is 15.5. The maximum Gasteiger partial charge on any atom is 0.166 e. The summed E-state index contributed by atoms with van der Waals surface area (Å²) < 4.78 is 18.3. The van der Waals surface area contributed by atoms with Crippen molar-refractivity contribution in [1.82, 2.24) is 24.1 Å². The number of rotatable bonds is 6. The summed E-state index contributed by atoms with van der Waals surface area (Å²) in [6, 6.07) is 77.4. The SMILES string of the molecule is N#Cc1cc(-n2c3ccccc3c3c2c(-c2ccc4oc5ccccc5c4c2)cc2c4ccccc4n(-c4ccccc4)c23)c2oc3ccccc3c2c1-c1nc(-c2ccccc2)nc(-c2ccccc2)n1. The molecule has 0 fully saturated rings. The molecule has 5 aromatic heterocycles. The molecule has 0 N–H and O–H groups in total. The van der Waals surface area contributed by atoms with Gasteiger partial charge in [-0.2, -0.15) is 5.26 Å². The summed E-state index contributed by atoms with van der Waals surface area (Å²) in [5, 5.41) is 19.6. The summed E-state index contributed by atoms with van der Waals surface area (Å²) >= 11 is 0. The van der Waals surface area contributed by atoms with E-state index < -0.39 is 0 Å². The molecular weight excluding hydrogens is 885 g/mol. The first-order valence-corrected chi connectivity index (χ1v) is 23.9. The summed E-state index contributed by atoms with van der Waals surface area (Å²) in [5.74, 6) is 1.38. The van der Waals surface area contributed by atoms with E-state index in [1.54, 1.807) is 0 Å². The van der Waals surface area contributed by atoms with Gasteiger partial charge in [-0.3, -0.25) is 0 Å². The molecule has 15 aromatic rings. The van der Waals surface area contributed by atoms with Gasteiger partial charge in [0.2, 0.25) is 0 Å². The summed E-state index contributed by atoms with van der Waals surface area (Å²) in [6.07, 6.45) is 0. The summed E-state index contributed by atoms with van der Waals surface area (Å²) in [7, 11) is 0. The molecule has 0 saturated heterocycles. The predicted molar refractivity (Wildman–Crippen MR) is 290 cm³/mol. The van der Waals surface area contributed by atoms with Crippen LogP contribution in [0.25, 0.3) is 144 Å². The van der Waals surface area contributed by atoms with Gasteiger partial charge in [0.15, 0.2) is 23.1 Å². The van der Waals surface area contributed by atoms with Gasteiger partial charge in [-0.15, -0.1) is 0 Å². The summed E-state index contributed by atoms with van der Waals surface area (Å²) in [5.41, 5.74) is 13.5. The molecule has 0 unspecified atom stereocenters. The molecular formula is C64H36N6O2. The average Bonchev–Trinajstić information content (AvgIpc) is 4.21. The minimum atomic E-state index is 0.375. The molecule has 0 radical (unpaired) electrons. The number of hydrogen-bond acceptors (Lipinski definition) is 6. The first kappa shape index (κ1) is 39.9. The molecule has 8 nitrogen and oxygen atoms in total. The highest BCUT2D eigenvalue weighted by molar-refractivity contribution is 6.30. The van der Waals surface area contributed by atoms with Crippen LogP contribution in [0.3, 0.4) is 0 Å². The van der Waals surface area contributed by atoms with Crippen molar-refractivity contribution in [3.8, 4) is 62.7 Å². The molecule has 10 aromatic carbocycles. The lowest BCUT2D eigenvalue weighted by Crippen LogP contribution is -2.03. The molecule has 0 atom stereocenters. The Morgan fingerprint density at radius 1 is 0.389 bits per heavy atom. The predicted octanol–water partition coefficient (Wildman–Crippen LogP) is 16.4. The summed E-state index contributed by atoms with van der Waals surface area (Å²) in [4.78, 5) is 15.4. The molecule has 72 heavy (non-hydrogen) atoms. The lowest BCUT2D eigenvalue weighted by atomic mass is 9.96. The van der Waals surface area contributed by atoms with Crippen LogP contribution in [-0.4, -0.2) is 24.1 Å². The third-order valence-corrected chi connectivity index (χ3v) is 14.2. The van der Waals surface area contributed by atoms with Crippen molar-refractivity contribution in [3.63, 3.8) is 0 Å². The van der Waals surface area contributed by atoms with E-state index >= 15 is 0 Å². The number of nitrogens with zero attached hydrogens (tertiary/aromatic N) is 6. The Labute approximate surface area is 410 Å². The Kier molecular flexibility index (Phi) is 8.55. The van der Waals surface area contributed by atoms with Crippen molar-refractivity contribution >= 4 is 87.5 Å². The van der Waals surface area contributed by atoms with Gasteiger partial charge in [-0.1, -0.05) is 158 Å². The lowest BCUT2D eigenvalue weighted by molar-refractivity contribution is 0.666. The molecule has 0 bridgehead atoms. The van der Waals surface area contributed by atoms with E-state index in [1.165, 1.54) is 0 Å². The van der Waals surface area contributed by atoms with Crippen LogP contribution in [0, 0.1) is 11.3 Å². The second-order valence-electron chi connectivity index (χ2n) is 18.2. The quantitative estimate of drug-likeness (QED) is 0.165. The van der Waals surface area contributed by atoms with Gasteiger partial charge >= 0.3 is 0 Å². The standard InChI is InChI=1S/C64H36N6O2/c65-37-41-35-52(61-57(46-27-13-17-31-54(46)72-61)56(41)64-67-62(38-18-4-1-5-19-38)66-63(68-64)39-20-6-2-7-21-39)70-51-29-15-11-26-45(51)58-59(70)47(40-32-33-55-48(34-40)44-25-12-16-30-53(44)71-55)36-49-43-24-10-14-28-50(43)69(60(49)58)42-22-8-3-9-23-42/h1-36H. The number of para-hydroxylation sites is 5. The van der Waals surface area contributed by atoms with Crippen LogP contribution in [0.2, 0.25) is 0 Å². The van der Waals surface area contributed by atoms with Crippen molar-refractivity contribution in [1.29, 1.82) is 5.26 Å². The summed E-state index contributed by atoms with van der Waals surface area (Å²) in [6.45, 7) is 0.